The highest BCUT2D eigenvalue weighted by atomic mass is 16.6. The van der Waals surface area contributed by atoms with Gasteiger partial charge in [0.05, 0.1) is 25.9 Å². The minimum absolute atomic E-state index is 0.292. The van der Waals surface area contributed by atoms with Gasteiger partial charge in [-0.1, -0.05) is 29.8 Å². The van der Waals surface area contributed by atoms with Crippen LogP contribution in [-0.2, 0) is 15.9 Å². The number of ether oxygens (including phenoxy) is 2. The van der Waals surface area contributed by atoms with Crippen LogP contribution in [-0.4, -0.2) is 25.9 Å². The van der Waals surface area contributed by atoms with Gasteiger partial charge in [-0.15, -0.1) is 0 Å². The normalized spacial score (nSPS) is 21.5. The third-order valence-corrected chi connectivity index (χ3v) is 2.76. The number of benzene rings is 1. The molecule has 1 aromatic rings. The van der Waals surface area contributed by atoms with Crippen molar-refractivity contribution in [2.45, 2.75) is 25.9 Å². The van der Waals surface area contributed by atoms with Crippen LogP contribution in [0.5, 0.6) is 0 Å². The zero-order valence-corrected chi connectivity index (χ0v) is 9.24. The van der Waals surface area contributed by atoms with E-state index in [-0.39, 0.29) is 0 Å². The average molecular weight is 206 g/mol. The third-order valence-electron chi connectivity index (χ3n) is 2.76. The molecule has 2 rings (SSSR count). The molecule has 0 radical (unpaired) electrons. The molecule has 2 heteroatoms. The van der Waals surface area contributed by atoms with Gasteiger partial charge in [0.15, 0.2) is 0 Å². The Kier molecular flexibility index (Phi) is 3.75. The van der Waals surface area contributed by atoms with E-state index in [2.05, 4.69) is 31.2 Å². The van der Waals surface area contributed by atoms with Gasteiger partial charge in [-0.3, -0.25) is 0 Å². The van der Waals surface area contributed by atoms with Crippen LogP contribution in [0.2, 0.25) is 0 Å². The van der Waals surface area contributed by atoms with Crippen molar-refractivity contribution in [2.75, 3.05) is 19.8 Å². The molecule has 0 bridgehead atoms. The lowest BCUT2D eigenvalue weighted by molar-refractivity contribution is -0.0903. The van der Waals surface area contributed by atoms with Crippen LogP contribution in [0.4, 0.5) is 0 Å². The average Bonchev–Trinajstić information content (AvgIpc) is 2.30. The molecule has 1 heterocycles. The summed E-state index contributed by atoms with van der Waals surface area (Å²) < 4.78 is 11.0. The van der Waals surface area contributed by atoms with Crippen molar-refractivity contribution in [2.24, 2.45) is 0 Å². The van der Waals surface area contributed by atoms with Gasteiger partial charge in [0.1, 0.15) is 0 Å². The van der Waals surface area contributed by atoms with Crippen LogP contribution < -0.4 is 0 Å². The largest absolute Gasteiger partial charge is 0.376 e. The van der Waals surface area contributed by atoms with Gasteiger partial charge in [0.25, 0.3) is 0 Å². The van der Waals surface area contributed by atoms with E-state index in [0.717, 1.165) is 32.7 Å². The fourth-order valence-corrected chi connectivity index (χ4v) is 1.79. The molecule has 0 amide bonds. The van der Waals surface area contributed by atoms with E-state index in [1.54, 1.807) is 0 Å². The van der Waals surface area contributed by atoms with E-state index in [9.17, 15) is 0 Å². The fourth-order valence-electron chi connectivity index (χ4n) is 1.79. The molecule has 1 atom stereocenters. The Morgan fingerprint density at radius 2 is 2.00 bits per heavy atom. The molecule has 0 aliphatic carbocycles. The summed E-state index contributed by atoms with van der Waals surface area (Å²) in [6, 6.07) is 8.71. The lowest BCUT2D eigenvalue weighted by Gasteiger charge is -2.22. The third kappa shape index (κ3) is 3.33. The van der Waals surface area contributed by atoms with E-state index in [4.69, 9.17) is 9.47 Å². The Morgan fingerprint density at radius 3 is 2.67 bits per heavy atom. The number of aryl methyl sites for hydroxylation is 2. The molecule has 1 saturated heterocycles. The predicted molar refractivity (Wildman–Crippen MR) is 60.1 cm³/mol. The molecule has 0 N–H and O–H groups in total. The first kappa shape index (κ1) is 10.7. The summed E-state index contributed by atoms with van der Waals surface area (Å²) in [5.74, 6) is 0. The Bertz CT molecular complexity index is 286. The molecule has 1 aliphatic heterocycles. The lowest BCUT2D eigenvalue weighted by Crippen LogP contribution is -2.28. The second-order valence-electron chi connectivity index (χ2n) is 4.09. The summed E-state index contributed by atoms with van der Waals surface area (Å²) in [7, 11) is 0. The van der Waals surface area contributed by atoms with Crippen LogP contribution in [0.25, 0.3) is 0 Å². The SMILES string of the molecule is Cc1ccc(CCC2COCCO2)cc1. The van der Waals surface area contributed by atoms with Gasteiger partial charge >= 0.3 is 0 Å². The summed E-state index contributed by atoms with van der Waals surface area (Å²) in [6.45, 7) is 4.37. The van der Waals surface area contributed by atoms with Gasteiger partial charge < -0.3 is 9.47 Å². The summed E-state index contributed by atoms with van der Waals surface area (Å²) in [4.78, 5) is 0. The minimum Gasteiger partial charge on any atom is -0.376 e. The van der Waals surface area contributed by atoms with E-state index in [1.165, 1.54) is 11.1 Å². The van der Waals surface area contributed by atoms with Crippen LogP contribution in [0.1, 0.15) is 17.5 Å². The maximum absolute atomic E-state index is 5.60. The topological polar surface area (TPSA) is 18.5 Å². The van der Waals surface area contributed by atoms with Gasteiger partial charge in [-0.2, -0.15) is 0 Å². The molecule has 0 saturated carbocycles. The van der Waals surface area contributed by atoms with Crippen molar-refractivity contribution in [1.82, 2.24) is 0 Å². The Labute approximate surface area is 91.2 Å². The van der Waals surface area contributed by atoms with Crippen molar-refractivity contribution < 1.29 is 9.47 Å². The Morgan fingerprint density at radius 1 is 1.20 bits per heavy atom. The van der Waals surface area contributed by atoms with Gasteiger partial charge in [-0.25, -0.2) is 0 Å². The van der Waals surface area contributed by atoms with Crippen molar-refractivity contribution in [3.8, 4) is 0 Å². The highest BCUT2D eigenvalue weighted by Crippen LogP contribution is 2.11. The first-order valence-corrected chi connectivity index (χ1v) is 5.59. The van der Waals surface area contributed by atoms with Crippen LogP contribution in [0.3, 0.4) is 0 Å². The van der Waals surface area contributed by atoms with Crippen molar-refractivity contribution in [1.29, 1.82) is 0 Å². The molecule has 1 fully saturated rings. The second kappa shape index (κ2) is 5.29. The monoisotopic (exact) mass is 206 g/mol. The quantitative estimate of drug-likeness (QED) is 0.755. The van der Waals surface area contributed by atoms with Crippen molar-refractivity contribution in [3.63, 3.8) is 0 Å². The molecule has 1 aromatic carbocycles. The highest BCUT2D eigenvalue weighted by Gasteiger charge is 2.13. The lowest BCUT2D eigenvalue weighted by atomic mass is 10.1. The van der Waals surface area contributed by atoms with E-state index in [1.807, 2.05) is 0 Å². The molecule has 0 aromatic heterocycles. The molecule has 82 valence electrons. The minimum atomic E-state index is 0.292. The smallest absolute Gasteiger partial charge is 0.0812 e. The first-order chi connectivity index (χ1) is 7.34. The van der Waals surface area contributed by atoms with Gasteiger partial charge in [0, 0.05) is 0 Å². The molecule has 2 nitrogen and oxygen atoms in total. The van der Waals surface area contributed by atoms with Gasteiger partial charge in [0.2, 0.25) is 0 Å². The molecule has 0 spiro atoms. The standard InChI is InChI=1S/C13H18O2/c1-11-2-4-12(5-3-11)6-7-13-10-14-8-9-15-13/h2-5,13H,6-10H2,1H3. The zero-order chi connectivity index (χ0) is 10.5. The maximum Gasteiger partial charge on any atom is 0.0812 e. The first-order valence-electron chi connectivity index (χ1n) is 5.59. The second-order valence-corrected chi connectivity index (χ2v) is 4.09. The fraction of sp³-hybridized carbons (Fsp3) is 0.538. The Balaban J connectivity index is 1.79. The number of hydrogen-bond acceptors (Lipinski definition) is 2. The van der Waals surface area contributed by atoms with Crippen LogP contribution in [0, 0.1) is 6.92 Å². The molecular weight excluding hydrogens is 188 g/mol. The maximum atomic E-state index is 5.60. The summed E-state index contributed by atoms with van der Waals surface area (Å²) in [5.41, 5.74) is 2.70. The molecule has 1 aliphatic rings. The van der Waals surface area contributed by atoms with Crippen molar-refractivity contribution >= 4 is 0 Å². The Hall–Kier alpha value is -0.860. The van der Waals surface area contributed by atoms with Crippen LogP contribution in [0.15, 0.2) is 24.3 Å². The number of hydrogen-bond donors (Lipinski definition) is 0. The van der Waals surface area contributed by atoms with Crippen molar-refractivity contribution in [3.05, 3.63) is 35.4 Å². The number of rotatable bonds is 3. The van der Waals surface area contributed by atoms with Crippen LogP contribution >= 0.6 is 0 Å². The van der Waals surface area contributed by atoms with E-state index < -0.39 is 0 Å². The zero-order valence-electron chi connectivity index (χ0n) is 9.24. The molecule has 1 unspecified atom stereocenters. The summed E-state index contributed by atoms with van der Waals surface area (Å²) in [5, 5.41) is 0. The van der Waals surface area contributed by atoms with E-state index in [0.29, 0.717) is 6.10 Å². The predicted octanol–water partition coefficient (Wildman–Crippen LogP) is 2.34. The van der Waals surface area contributed by atoms with E-state index >= 15 is 0 Å². The summed E-state index contributed by atoms with van der Waals surface area (Å²) >= 11 is 0. The highest BCUT2D eigenvalue weighted by molar-refractivity contribution is 5.21. The molecular formula is C13H18O2. The molecule has 15 heavy (non-hydrogen) atoms. The summed E-state index contributed by atoms with van der Waals surface area (Å²) in [6.07, 6.45) is 2.43. The van der Waals surface area contributed by atoms with Gasteiger partial charge in [-0.05, 0) is 25.3 Å².